The largest absolute Gasteiger partial charge is 0.496 e. The second-order valence-corrected chi connectivity index (χ2v) is 5.66. The van der Waals surface area contributed by atoms with Gasteiger partial charge in [0.15, 0.2) is 0 Å². The van der Waals surface area contributed by atoms with Gasteiger partial charge in [-0.3, -0.25) is 4.79 Å². The molecule has 2 aromatic carbocycles. The molecule has 0 aliphatic carbocycles. The van der Waals surface area contributed by atoms with Crippen molar-refractivity contribution < 1.29 is 13.9 Å². The van der Waals surface area contributed by atoms with Crippen molar-refractivity contribution in [2.75, 3.05) is 12.4 Å². The number of anilines is 1. The van der Waals surface area contributed by atoms with Crippen molar-refractivity contribution in [1.29, 1.82) is 0 Å². The van der Waals surface area contributed by atoms with Crippen molar-refractivity contribution in [3.05, 3.63) is 58.9 Å². The van der Waals surface area contributed by atoms with Gasteiger partial charge in [-0.1, -0.05) is 18.2 Å². The third-order valence-corrected chi connectivity index (χ3v) is 3.80. The molecule has 4 heteroatoms. The monoisotopic (exact) mass is 315 g/mol. The minimum Gasteiger partial charge on any atom is -0.496 e. The molecule has 0 saturated carbocycles. The number of hydrogen-bond acceptors (Lipinski definition) is 2. The predicted molar refractivity (Wildman–Crippen MR) is 90.4 cm³/mol. The highest BCUT2D eigenvalue weighted by Gasteiger charge is 2.07. The van der Waals surface area contributed by atoms with Gasteiger partial charge in [-0.25, -0.2) is 4.39 Å². The van der Waals surface area contributed by atoms with E-state index in [9.17, 15) is 9.18 Å². The number of carbonyl (C=O) groups is 1. The molecule has 0 heterocycles. The number of benzene rings is 2. The van der Waals surface area contributed by atoms with Crippen molar-refractivity contribution in [3.8, 4) is 5.75 Å². The van der Waals surface area contributed by atoms with Crippen molar-refractivity contribution in [1.82, 2.24) is 0 Å². The van der Waals surface area contributed by atoms with Gasteiger partial charge in [0.2, 0.25) is 5.91 Å². The highest BCUT2D eigenvalue weighted by molar-refractivity contribution is 5.91. The molecule has 122 valence electrons. The van der Waals surface area contributed by atoms with Gasteiger partial charge in [0, 0.05) is 12.1 Å². The summed E-state index contributed by atoms with van der Waals surface area (Å²) in [6.45, 7) is 3.84. The summed E-state index contributed by atoms with van der Waals surface area (Å²) in [6, 6.07) is 10.4. The Kier molecular flexibility index (Phi) is 5.74. The Morgan fingerprint density at radius 3 is 2.61 bits per heavy atom. The molecular weight excluding hydrogens is 293 g/mol. The van der Waals surface area contributed by atoms with Gasteiger partial charge in [0.05, 0.1) is 7.11 Å². The Bertz CT molecular complexity index is 698. The number of methoxy groups -OCH3 is 1. The number of ether oxygens (including phenoxy) is 1. The lowest BCUT2D eigenvalue weighted by Crippen LogP contribution is -2.12. The van der Waals surface area contributed by atoms with Gasteiger partial charge in [-0.2, -0.15) is 0 Å². The Hall–Kier alpha value is -2.36. The van der Waals surface area contributed by atoms with Crippen LogP contribution in [0.25, 0.3) is 0 Å². The van der Waals surface area contributed by atoms with Crippen LogP contribution < -0.4 is 10.1 Å². The Labute approximate surface area is 136 Å². The lowest BCUT2D eigenvalue weighted by Gasteiger charge is -2.09. The van der Waals surface area contributed by atoms with Crippen molar-refractivity contribution in [2.45, 2.75) is 33.1 Å². The first-order chi connectivity index (χ1) is 11.0. The Morgan fingerprint density at radius 2 is 1.91 bits per heavy atom. The SMILES string of the molecule is COc1ccc(CCCC(=O)Nc2cc(F)ccc2C)cc1C. The van der Waals surface area contributed by atoms with E-state index >= 15 is 0 Å². The Balaban J connectivity index is 1.85. The van der Waals surface area contributed by atoms with Gasteiger partial charge >= 0.3 is 0 Å². The number of rotatable bonds is 6. The standard InChI is InChI=1S/C19H22FNO2/c1-13-7-9-16(20)12-17(13)21-19(22)6-4-5-15-8-10-18(23-3)14(2)11-15/h7-12H,4-6H2,1-3H3,(H,21,22). The number of aryl methyl sites for hydroxylation is 3. The summed E-state index contributed by atoms with van der Waals surface area (Å²) < 4.78 is 18.4. The highest BCUT2D eigenvalue weighted by atomic mass is 19.1. The van der Waals surface area contributed by atoms with Crippen molar-refractivity contribution >= 4 is 11.6 Å². The first-order valence-electron chi connectivity index (χ1n) is 7.69. The quantitative estimate of drug-likeness (QED) is 0.857. The van der Waals surface area contributed by atoms with E-state index in [0.717, 1.165) is 29.7 Å². The van der Waals surface area contributed by atoms with Crippen LogP contribution in [0.4, 0.5) is 10.1 Å². The summed E-state index contributed by atoms with van der Waals surface area (Å²) in [6.07, 6.45) is 1.97. The zero-order valence-electron chi connectivity index (χ0n) is 13.8. The minimum atomic E-state index is -0.348. The van der Waals surface area contributed by atoms with Crippen molar-refractivity contribution in [2.24, 2.45) is 0 Å². The second kappa shape index (κ2) is 7.77. The van der Waals surface area contributed by atoms with Crippen LogP contribution in [0.5, 0.6) is 5.75 Å². The highest BCUT2D eigenvalue weighted by Crippen LogP contribution is 2.20. The van der Waals surface area contributed by atoms with Gasteiger partial charge < -0.3 is 10.1 Å². The van der Waals surface area contributed by atoms with E-state index in [1.54, 1.807) is 13.2 Å². The fourth-order valence-corrected chi connectivity index (χ4v) is 2.49. The van der Waals surface area contributed by atoms with Gasteiger partial charge in [0.25, 0.3) is 0 Å². The third kappa shape index (κ3) is 4.81. The predicted octanol–water partition coefficient (Wildman–Crippen LogP) is 4.41. The zero-order chi connectivity index (χ0) is 16.8. The normalized spacial score (nSPS) is 10.4. The molecule has 23 heavy (non-hydrogen) atoms. The molecule has 0 unspecified atom stereocenters. The van der Waals surface area contributed by atoms with E-state index in [-0.39, 0.29) is 11.7 Å². The first kappa shape index (κ1) is 17.0. The van der Waals surface area contributed by atoms with Gasteiger partial charge in [0.1, 0.15) is 11.6 Å². The molecule has 0 saturated heterocycles. The van der Waals surface area contributed by atoms with Crippen LogP contribution in [-0.2, 0) is 11.2 Å². The van der Waals surface area contributed by atoms with Crippen LogP contribution >= 0.6 is 0 Å². The Morgan fingerprint density at radius 1 is 1.13 bits per heavy atom. The average molecular weight is 315 g/mol. The maximum atomic E-state index is 13.2. The number of halogens is 1. The number of nitrogens with one attached hydrogen (secondary N) is 1. The maximum Gasteiger partial charge on any atom is 0.224 e. The molecular formula is C19H22FNO2. The molecule has 0 fully saturated rings. The van der Waals surface area contributed by atoms with E-state index in [4.69, 9.17) is 4.74 Å². The third-order valence-electron chi connectivity index (χ3n) is 3.80. The van der Waals surface area contributed by atoms with Crippen LogP contribution in [0, 0.1) is 19.7 Å². The molecule has 0 aliphatic heterocycles. The molecule has 0 bridgehead atoms. The molecule has 0 radical (unpaired) electrons. The number of hydrogen-bond donors (Lipinski definition) is 1. The maximum absolute atomic E-state index is 13.2. The van der Waals surface area contributed by atoms with Gasteiger partial charge in [-0.05, 0) is 61.6 Å². The van der Waals surface area contributed by atoms with E-state index in [1.807, 2.05) is 26.0 Å². The first-order valence-corrected chi connectivity index (χ1v) is 7.69. The number of amides is 1. The zero-order valence-corrected chi connectivity index (χ0v) is 13.8. The van der Waals surface area contributed by atoms with Crippen LogP contribution in [0.1, 0.15) is 29.5 Å². The van der Waals surface area contributed by atoms with Crippen LogP contribution in [0.15, 0.2) is 36.4 Å². The molecule has 1 N–H and O–H groups in total. The fraction of sp³-hybridized carbons (Fsp3) is 0.316. The summed E-state index contributed by atoms with van der Waals surface area (Å²) >= 11 is 0. The van der Waals surface area contributed by atoms with E-state index < -0.39 is 0 Å². The summed E-state index contributed by atoms with van der Waals surface area (Å²) in [4.78, 5) is 12.0. The molecule has 2 aromatic rings. The lowest BCUT2D eigenvalue weighted by molar-refractivity contribution is -0.116. The van der Waals surface area contributed by atoms with Crippen LogP contribution in [0.2, 0.25) is 0 Å². The molecule has 2 rings (SSSR count). The molecule has 0 atom stereocenters. The summed E-state index contributed by atoms with van der Waals surface area (Å²) in [5.74, 6) is 0.427. The molecule has 3 nitrogen and oxygen atoms in total. The summed E-state index contributed by atoms with van der Waals surface area (Å²) in [5.41, 5.74) is 3.66. The van der Waals surface area contributed by atoms with E-state index in [0.29, 0.717) is 12.1 Å². The summed E-state index contributed by atoms with van der Waals surface area (Å²) in [5, 5.41) is 2.77. The summed E-state index contributed by atoms with van der Waals surface area (Å²) in [7, 11) is 1.65. The van der Waals surface area contributed by atoms with Gasteiger partial charge in [-0.15, -0.1) is 0 Å². The molecule has 0 aromatic heterocycles. The topological polar surface area (TPSA) is 38.3 Å². The molecule has 0 spiro atoms. The number of carbonyl (C=O) groups excluding carboxylic acids is 1. The van der Waals surface area contributed by atoms with Crippen LogP contribution in [0.3, 0.4) is 0 Å². The molecule has 0 aliphatic rings. The minimum absolute atomic E-state index is 0.0936. The fourth-order valence-electron chi connectivity index (χ4n) is 2.49. The second-order valence-electron chi connectivity index (χ2n) is 5.66. The lowest BCUT2D eigenvalue weighted by atomic mass is 10.0. The average Bonchev–Trinajstić information content (AvgIpc) is 2.51. The smallest absolute Gasteiger partial charge is 0.224 e. The van der Waals surface area contributed by atoms with Crippen molar-refractivity contribution in [3.63, 3.8) is 0 Å². The van der Waals surface area contributed by atoms with Crippen LogP contribution in [-0.4, -0.2) is 13.0 Å². The molecule has 1 amide bonds. The van der Waals surface area contributed by atoms with E-state index in [1.165, 1.54) is 17.7 Å². The van der Waals surface area contributed by atoms with E-state index in [2.05, 4.69) is 11.4 Å².